The van der Waals surface area contributed by atoms with Crippen LogP contribution in [0.1, 0.15) is 38.5 Å². The third-order valence-corrected chi connectivity index (χ3v) is 3.75. The maximum atomic E-state index is 11.9. The fourth-order valence-corrected chi connectivity index (χ4v) is 2.52. The number of alkyl halides is 3. The highest BCUT2D eigenvalue weighted by Gasteiger charge is 2.38. The molecule has 3 N–H and O–H groups in total. The quantitative estimate of drug-likeness (QED) is 0.652. The molecule has 1 amide bonds. The van der Waals surface area contributed by atoms with Crippen LogP contribution in [0.2, 0.25) is 0 Å². The smallest absolute Gasteiger partial charge is 0.401 e. The lowest BCUT2D eigenvalue weighted by molar-refractivity contribution is -0.149. The van der Waals surface area contributed by atoms with Crippen molar-refractivity contribution in [3.05, 3.63) is 0 Å². The molecule has 0 aromatic rings. The van der Waals surface area contributed by atoms with E-state index >= 15 is 0 Å². The summed E-state index contributed by atoms with van der Waals surface area (Å²) in [6.07, 6.45) is 0.107. The van der Waals surface area contributed by atoms with Crippen LogP contribution in [0, 0.1) is 5.41 Å². The van der Waals surface area contributed by atoms with E-state index in [1.54, 1.807) is 0 Å². The van der Waals surface area contributed by atoms with Crippen molar-refractivity contribution in [3.63, 3.8) is 0 Å². The first-order valence-corrected chi connectivity index (χ1v) is 7.03. The number of hydrogen-bond donors (Lipinski definition) is 3. The maximum absolute atomic E-state index is 11.9. The van der Waals surface area contributed by atoms with Gasteiger partial charge >= 0.3 is 12.1 Å². The third-order valence-electron chi connectivity index (χ3n) is 3.75. The van der Waals surface area contributed by atoms with Crippen molar-refractivity contribution in [2.24, 2.45) is 5.41 Å². The van der Waals surface area contributed by atoms with Crippen LogP contribution in [0.3, 0.4) is 0 Å². The number of nitrogens with one attached hydrogen (secondary N) is 2. The lowest BCUT2D eigenvalue weighted by Gasteiger charge is -2.28. The Hall–Kier alpha value is -1.31. The van der Waals surface area contributed by atoms with Gasteiger partial charge in [-0.25, -0.2) is 0 Å². The molecule has 0 bridgehead atoms. The topological polar surface area (TPSA) is 78.4 Å². The first-order valence-electron chi connectivity index (χ1n) is 7.03. The molecule has 1 fully saturated rings. The summed E-state index contributed by atoms with van der Waals surface area (Å²) in [7, 11) is 0. The number of carboxylic acids is 1. The van der Waals surface area contributed by atoms with Crippen molar-refractivity contribution in [1.29, 1.82) is 0 Å². The SMILES string of the molecule is O=C(CNCC(F)(F)F)NCC1(C(=O)O)CCCCCC1. The van der Waals surface area contributed by atoms with Crippen LogP contribution in [0.15, 0.2) is 0 Å². The molecule has 0 aliphatic heterocycles. The van der Waals surface area contributed by atoms with Crippen LogP contribution in [-0.2, 0) is 9.59 Å². The van der Waals surface area contributed by atoms with Gasteiger partial charge in [-0.1, -0.05) is 25.7 Å². The Labute approximate surface area is 121 Å². The lowest BCUT2D eigenvalue weighted by atomic mass is 9.80. The number of rotatable bonds is 6. The Morgan fingerprint density at radius 1 is 1.10 bits per heavy atom. The molecule has 1 rings (SSSR count). The van der Waals surface area contributed by atoms with Crippen molar-refractivity contribution < 1.29 is 27.9 Å². The normalized spacial score (nSPS) is 18.8. The zero-order chi connectivity index (χ0) is 15.9. The van der Waals surface area contributed by atoms with Gasteiger partial charge in [-0.15, -0.1) is 0 Å². The third kappa shape index (κ3) is 6.33. The minimum absolute atomic E-state index is 0.0329. The van der Waals surface area contributed by atoms with E-state index in [0.717, 1.165) is 25.7 Å². The molecule has 8 heteroatoms. The maximum Gasteiger partial charge on any atom is 0.401 e. The average molecular weight is 310 g/mol. The summed E-state index contributed by atoms with van der Waals surface area (Å²) >= 11 is 0. The number of carbonyl (C=O) groups excluding carboxylic acids is 1. The first kappa shape index (κ1) is 17.7. The van der Waals surface area contributed by atoms with Crippen molar-refractivity contribution in [3.8, 4) is 0 Å². The van der Waals surface area contributed by atoms with E-state index in [1.165, 1.54) is 0 Å². The van der Waals surface area contributed by atoms with Crippen LogP contribution in [0.5, 0.6) is 0 Å². The van der Waals surface area contributed by atoms with E-state index in [9.17, 15) is 27.9 Å². The standard InChI is InChI=1S/C13H21F3N2O3/c14-13(15,16)9-17-7-10(19)18-8-12(11(20)21)5-3-1-2-4-6-12/h17H,1-9H2,(H,18,19)(H,20,21). The number of hydrogen-bond acceptors (Lipinski definition) is 3. The molecule has 0 atom stereocenters. The Bertz CT molecular complexity index is 364. The number of halogens is 3. The van der Waals surface area contributed by atoms with Gasteiger partial charge in [0.2, 0.25) is 5.91 Å². The van der Waals surface area contributed by atoms with Crippen LogP contribution in [0.4, 0.5) is 13.2 Å². The molecule has 0 aromatic heterocycles. The number of carboxylic acid groups (broad SMARTS) is 1. The van der Waals surface area contributed by atoms with Crippen LogP contribution < -0.4 is 10.6 Å². The molecule has 1 aliphatic rings. The highest BCUT2D eigenvalue weighted by molar-refractivity contribution is 5.80. The van der Waals surface area contributed by atoms with Crippen molar-refractivity contribution in [1.82, 2.24) is 10.6 Å². The molecule has 122 valence electrons. The highest BCUT2D eigenvalue weighted by atomic mass is 19.4. The molecule has 0 spiro atoms. The number of amides is 1. The van der Waals surface area contributed by atoms with Crippen molar-refractivity contribution in [2.45, 2.75) is 44.7 Å². The van der Waals surface area contributed by atoms with Gasteiger partial charge in [0.25, 0.3) is 0 Å². The largest absolute Gasteiger partial charge is 0.481 e. The van der Waals surface area contributed by atoms with Gasteiger partial charge in [0.1, 0.15) is 0 Å². The molecule has 0 radical (unpaired) electrons. The zero-order valence-electron chi connectivity index (χ0n) is 11.8. The summed E-state index contributed by atoms with van der Waals surface area (Å²) in [6, 6.07) is 0. The first-order chi connectivity index (χ1) is 9.75. The summed E-state index contributed by atoms with van der Waals surface area (Å²) in [5, 5.41) is 13.8. The molecule has 0 saturated heterocycles. The molecule has 1 aliphatic carbocycles. The van der Waals surface area contributed by atoms with E-state index in [1.807, 2.05) is 5.32 Å². The molecular formula is C13H21F3N2O3. The molecule has 0 aromatic carbocycles. The number of carbonyl (C=O) groups is 2. The minimum atomic E-state index is -4.37. The molecule has 21 heavy (non-hydrogen) atoms. The van der Waals surface area contributed by atoms with Gasteiger partial charge in [0.05, 0.1) is 18.5 Å². The summed E-state index contributed by atoms with van der Waals surface area (Å²) in [4.78, 5) is 23.0. The second-order valence-electron chi connectivity index (χ2n) is 5.50. The minimum Gasteiger partial charge on any atom is -0.481 e. The predicted molar refractivity (Wildman–Crippen MR) is 69.7 cm³/mol. The van der Waals surface area contributed by atoms with E-state index < -0.39 is 36.6 Å². The van der Waals surface area contributed by atoms with Crippen molar-refractivity contribution in [2.75, 3.05) is 19.6 Å². The van der Waals surface area contributed by atoms with Gasteiger partial charge in [0, 0.05) is 6.54 Å². The number of aliphatic carboxylic acids is 1. The zero-order valence-corrected chi connectivity index (χ0v) is 11.8. The Morgan fingerprint density at radius 2 is 1.67 bits per heavy atom. The predicted octanol–water partition coefficient (Wildman–Crippen LogP) is 1.68. The molecule has 1 saturated carbocycles. The van der Waals surface area contributed by atoms with E-state index in [4.69, 9.17) is 0 Å². The monoisotopic (exact) mass is 310 g/mol. The average Bonchev–Trinajstić information content (AvgIpc) is 2.61. The lowest BCUT2D eigenvalue weighted by Crippen LogP contribution is -2.46. The molecule has 0 unspecified atom stereocenters. The Morgan fingerprint density at radius 3 is 2.14 bits per heavy atom. The van der Waals surface area contributed by atoms with E-state index in [-0.39, 0.29) is 6.54 Å². The molecule has 0 heterocycles. The van der Waals surface area contributed by atoms with Crippen LogP contribution in [0.25, 0.3) is 0 Å². The fraction of sp³-hybridized carbons (Fsp3) is 0.846. The second kappa shape index (κ2) is 7.63. The fourth-order valence-electron chi connectivity index (χ4n) is 2.52. The van der Waals surface area contributed by atoms with Crippen LogP contribution >= 0.6 is 0 Å². The molecule has 5 nitrogen and oxygen atoms in total. The van der Waals surface area contributed by atoms with Crippen molar-refractivity contribution >= 4 is 11.9 Å². The summed E-state index contributed by atoms with van der Waals surface area (Å²) < 4.78 is 35.8. The van der Waals surface area contributed by atoms with Crippen LogP contribution in [-0.4, -0.2) is 42.8 Å². The summed E-state index contributed by atoms with van der Waals surface area (Å²) in [5.41, 5.74) is -0.990. The summed E-state index contributed by atoms with van der Waals surface area (Å²) in [6.45, 7) is -1.76. The van der Waals surface area contributed by atoms with Gasteiger partial charge < -0.3 is 15.7 Å². The highest BCUT2D eigenvalue weighted by Crippen LogP contribution is 2.34. The van der Waals surface area contributed by atoms with E-state index in [0.29, 0.717) is 12.8 Å². The van der Waals surface area contributed by atoms with E-state index in [2.05, 4.69) is 5.32 Å². The Balaban J connectivity index is 2.42. The van der Waals surface area contributed by atoms with Gasteiger partial charge in [0.15, 0.2) is 0 Å². The second-order valence-corrected chi connectivity index (χ2v) is 5.50. The van der Waals surface area contributed by atoms with Gasteiger partial charge in [-0.05, 0) is 12.8 Å². The van der Waals surface area contributed by atoms with Gasteiger partial charge in [-0.2, -0.15) is 13.2 Å². The van der Waals surface area contributed by atoms with Gasteiger partial charge in [-0.3, -0.25) is 9.59 Å². The molecular weight excluding hydrogens is 289 g/mol. The Kier molecular flexibility index (Phi) is 6.44. The summed E-state index contributed by atoms with van der Waals surface area (Å²) in [5.74, 6) is -1.57.